The first-order chi connectivity index (χ1) is 22.4. The van der Waals surface area contributed by atoms with Crippen LogP contribution < -0.4 is 30.0 Å². The van der Waals surface area contributed by atoms with E-state index in [1.165, 1.54) is 0 Å². The Labute approximate surface area is 286 Å². The molecular formula is C36H19BiCl4N2O3. The summed E-state index contributed by atoms with van der Waals surface area (Å²) in [7, 11) is 0. The predicted octanol–water partition coefficient (Wildman–Crippen LogP) is 9.86. The first-order valence-electron chi connectivity index (χ1n) is 14.5. The number of para-hydroxylation sites is 2. The van der Waals surface area contributed by atoms with E-state index in [2.05, 4.69) is 64.4 Å². The first-order valence-corrected chi connectivity index (χ1v) is 24.1. The zero-order chi connectivity index (χ0) is 31.0. The van der Waals surface area contributed by atoms with Crippen LogP contribution in [0, 0.1) is 0 Å². The summed E-state index contributed by atoms with van der Waals surface area (Å²) in [5, 5.41) is 0.543. The van der Waals surface area contributed by atoms with Gasteiger partial charge in [-0.3, -0.25) is 0 Å². The van der Waals surface area contributed by atoms with Gasteiger partial charge in [0, 0.05) is 0 Å². The number of rotatable bonds is 2. The second-order valence-corrected chi connectivity index (χ2v) is 27.0. The number of ether oxygens (including phenoxy) is 1. The maximum absolute atomic E-state index is 7.62. The molecule has 0 aliphatic carbocycles. The van der Waals surface area contributed by atoms with Crippen molar-refractivity contribution in [1.29, 1.82) is 0 Å². The summed E-state index contributed by atoms with van der Waals surface area (Å²) in [6.07, 6.45) is 0. The van der Waals surface area contributed by atoms with Gasteiger partial charge < -0.3 is 0 Å². The van der Waals surface area contributed by atoms with Crippen molar-refractivity contribution in [1.82, 2.24) is 0 Å². The van der Waals surface area contributed by atoms with E-state index in [0.717, 1.165) is 43.9 Å². The summed E-state index contributed by atoms with van der Waals surface area (Å²) >= 11 is 21.3. The molecule has 0 bridgehead atoms. The minimum atomic E-state index is -6.03. The Balaban J connectivity index is 1.45. The molecule has 10 rings (SSSR count). The molecule has 4 heterocycles. The summed E-state index contributed by atoms with van der Waals surface area (Å²) in [5.74, 6) is 1.89. The monoisotopic (exact) mass is 876 g/mol. The number of hydrogen-bond donors (Lipinski definition) is 0. The van der Waals surface area contributed by atoms with Crippen molar-refractivity contribution in [2.24, 2.45) is 0 Å². The summed E-state index contributed by atoms with van der Waals surface area (Å²) in [6, 6.07) is 39.0. The SMILES string of the molecule is Clc1c(Cl)c(Cl)c2c(c1Cl)[O][Bi]13([O]2)[c]2c4cccc2N(c2ccccc2)c2cccc([c]21)N(c1ccccc1)c1cccc([c]13)O4. The molecule has 0 fully saturated rings. The topological polar surface area (TPSA) is 34.2 Å². The molecule has 4 aliphatic rings. The molecule has 4 aliphatic heterocycles. The van der Waals surface area contributed by atoms with Crippen LogP contribution in [-0.2, 0) is 0 Å². The van der Waals surface area contributed by atoms with E-state index in [1.807, 2.05) is 60.7 Å². The molecule has 0 saturated carbocycles. The Bertz CT molecular complexity index is 2180. The van der Waals surface area contributed by atoms with Gasteiger partial charge in [0.05, 0.1) is 0 Å². The standard InChI is InChI=1S/C30H19N2O.C6H2Cl4O2.Bi/c1-3-10-23(11-4-1)31-25-14-7-15-26(20-25)32(24-12-5-2-6-13-24)28-17-9-19-30(22-28)33-29-18-8-16-27(31)21-29;7-1-2(8)4(10)6(12)5(11)3(1)9;/h1-19H;11-12H;/q;;+2/p-2. The fourth-order valence-electron chi connectivity index (χ4n) is 7.48. The third kappa shape index (κ3) is 3.09. The minimum absolute atomic E-state index is 0.114. The third-order valence-electron chi connectivity index (χ3n) is 9.09. The normalized spacial score (nSPS) is 17.2. The van der Waals surface area contributed by atoms with Gasteiger partial charge in [-0.1, -0.05) is 0 Å². The first kappa shape index (κ1) is 27.5. The quantitative estimate of drug-likeness (QED) is 0.0983. The van der Waals surface area contributed by atoms with Crippen LogP contribution in [0.1, 0.15) is 0 Å². The number of anilines is 6. The van der Waals surface area contributed by atoms with Crippen molar-refractivity contribution in [3.8, 4) is 23.0 Å². The molecule has 0 radical (unpaired) electrons. The Kier molecular flexibility index (Phi) is 5.52. The van der Waals surface area contributed by atoms with Crippen molar-refractivity contribution in [3.63, 3.8) is 0 Å². The van der Waals surface area contributed by atoms with Crippen molar-refractivity contribution >= 4 is 110 Å². The average molecular weight is 878 g/mol. The van der Waals surface area contributed by atoms with Crippen molar-refractivity contribution < 1.29 is 10.4 Å². The van der Waals surface area contributed by atoms with Gasteiger partial charge in [0.2, 0.25) is 0 Å². The van der Waals surface area contributed by atoms with Gasteiger partial charge in [0.25, 0.3) is 0 Å². The van der Waals surface area contributed by atoms with E-state index in [0.29, 0.717) is 23.0 Å². The van der Waals surface area contributed by atoms with Crippen LogP contribution in [0.5, 0.6) is 23.0 Å². The van der Waals surface area contributed by atoms with E-state index < -0.39 is 19.7 Å². The van der Waals surface area contributed by atoms with Gasteiger partial charge in [-0.05, 0) is 0 Å². The van der Waals surface area contributed by atoms with Crippen LogP contribution in [0.4, 0.5) is 34.1 Å². The summed E-state index contributed by atoms with van der Waals surface area (Å²) < 4.78 is 24.7. The molecule has 0 atom stereocenters. The fraction of sp³-hybridized carbons (Fsp3) is 0. The van der Waals surface area contributed by atoms with Crippen LogP contribution in [-0.4, -0.2) is 19.7 Å². The van der Waals surface area contributed by atoms with Gasteiger partial charge in [-0.15, -0.1) is 0 Å². The van der Waals surface area contributed by atoms with E-state index in [4.69, 9.17) is 56.8 Å². The van der Waals surface area contributed by atoms with Gasteiger partial charge >= 0.3 is 289 Å². The summed E-state index contributed by atoms with van der Waals surface area (Å²) in [5.41, 5.74) is 5.62. The van der Waals surface area contributed by atoms with E-state index in [-0.39, 0.29) is 20.1 Å². The molecule has 1 spiro atoms. The van der Waals surface area contributed by atoms with Crippen LogP contribution in [0.15, 0.2) is 115 Å². The Morgan fingerprint density at radius 1 is 0.413 bits per heavy atom. The second-order valence-electron chi connectivity index (χ2n) is 11.4. The number of halogens is 4. The van der Waals surface area contributed by atoms with Crippen molar-refractivity contribution in [2.45, 2.75) is 0 Å². The van der Waals surface area contributed by atoms with Crippen LogP contribution >= 0.6 is 46.4 Å². The van der Waals surface area contributed by atoms with Gasteiger partial charge in [0.15, 0.2) is 0 Å². The number of fused-ring (bicyclic) bond motifs is 1. The Hall–Kier alpha value is -3.64. The Morgan fingerprint density at radius 2 is 0.804 bits per heavy atom. The van der Waals surface area contributed by atoms with Crippen LogP contribution in [0.2, 0.25) is 20.1 Å². The van der Waals surface area contributed by atoms with Gasteiger partial charge in [0.1, 0.15) is 0 Å². The molecule has 0 aromatic heterocycles. The molecular weight excluding hydrogens is 859 g/mol. The zero-order valence-electron chi connectivity index (χ0n) is 23.5. The molecule has 6 aromatic rings. The number of nitrogens with zero attached hydrogens (tertiary/aromatic N) is 2. The molecule has 5 nitrogen and oxygen atoms in total. The third-order valence-corrected chi connectivity index (χ3v) is 29.7. The zero-order valence-corrected chi connectivity index (χ0v) is 30.0. The molecule has 0 saturated heterocycles. The number of benzene rings is 6. The van der Waals surface area contributed by atoms with Gasteiger partial charge in [-0.2, -0.15) is 0 Å². The number of hydrogen-bond acceptors (Lipinski definition) is 5. The predicted molar refractivity (Wildman–Crippen MR) is 188 cm³/mol. The van der Waals surface area contributed by atoms with E-state index in [9.17, 15) is 0 Å². The summed E-state index contributed by atoms with van der Waals surface area (Å²) in [4.78, 5) is 4.51. The fourth-order valence-corrected chi connectivity index (χ4v) is 31.0. The Morgan fingerprint density at radius 3 is 1.24 bits per heavy atom. The summed E-state index contributed by atoms with van der Waals surface area (Å²) in [6.45, 7) is 0. The van der Waals surface area contributed by atoms with Crippen molar-refractivity contribution in [2.75, 3.05) is 9.80 Å². The maximum atomic E-state index is 7.62. The molecule has 6 aromatic carbocycles. The van der Waals surface area contributed by atoms with E-state index >= 15 is 0 Å². The van der Waals surface area contributed by atoms with Crippen molar-refractivity contribution in [3.05, 3.63) is 135 Å². The molecule has 0 amide bonds. The second kappa shape index (κ2) is 9.25. The van der Waals surface area contributed by atoms with Gasteiger partial charge in [-0.25, -0.2) is 0 Å². The molecule has 46 heavy (non-hydrogen) atoms. The molecule has 224 valence electrons. The van der Waals surface area contributed by atoms with Crippen LogP contribution in [0.25, 0.3) is 0 Å². The molecule has 0 N–H and O–H groups in total. The molecule has 0 unspecified atom stereocenters. The van der Waals surface area contributed by atoms with E-state index in [1.54, 1.807) is 0 Å². The molecule has 10 heteroatoms. The average Bonchev–Trinajstić information content (AvgIpc) is 3.44. The van der Waals surface area contributed by atoms with Crippen LogP contribution in [0.3, 0.4) is 0 Å².